The summed E-state index contributed by atoms with van der Waals surface area (Å²) in [7, 11) is 0. The molecule has 1 amide bonds. The van der Waals surface area contributed by atoms with E-state index in [1.54, 1.807) is 4.52 Å². The fourth-order valence-corrected chi connectivity index (χ4v) is 3.26. The minimum Gasteiger partial charge on any atom is -0.326 e. The lowest BCUT2D eigenvalue weighted by Gasteiger charge is -2.11. The van der Waals surface area contributed by atoms with Crippen LogP contribution in [-0.2, 0) is 11.2 Å². The Morgan fingerprint density at radius 2 is 1.92 bits per heavy atom. The summed E-state index contributed by atoms with van der Waals surface area (Å²) in [6.45, 7) is 8.05. The van der Waals surface area contributed by atoms with Crippen molar-refractivity contribution in [3.05, 3.63) is 46.3 Å². The summed E-state index contributed by atoms with van der Waals surface area (Å²) in [5, 5.41) is 8.12. The van der Waals surface area contributed by atoms with Gasteiger partial charge in [-0.1, -0.05) is 17.8 Å². The van der Waals surface area contributed by atoms with Gasteiger partial charge in [0.1, 0.15) is 0 Å². The molecule has 26 heavy (non-hydrogen) atoms. The van der Waals surface area contributed by atoms with Gasteiger partial charge in [-0.15, -0.1) is 5.10 Å². The molecule has 0 fully saturated rings. The van der Waals surface area contributed by atoms with Gasteiger partial charge in [0.15, 0.2) is 0 Å². The molecule has 0 bridgehead atoms. The Morgan fingerprint density at radius 1 is 1.15 bits per heavy atom. The van der Waals surface area contributed by atoms with E-state index in [1.165, 1.54) is 22.9 Å². The van der Waals surface area contributed by atoms with Gasteiger partial charge < -0.3 is 5.32 Å². The maximum absolute atomic E-state index is 12.3. The summed E-state index contributed by atoms with van der Waals surface area (Å²) in [5.74, 6) is 0.600. The summed E-state index contributed by atoms with van der Waals surface area (Å²) in [4.78, 5) is 21.3. The van der Waals surface area contributed by atoms with Crippen molar-refractivity contribution in [2.75, 3.05) is 11.6 Å². The van der Waals surface area contributed by atoms with Gasteiger partial charge in [0.25, 0.3) is 5.78 Å². The lowest BCUT2D eigenvalue weighted by Crippen LogP contribution is -2.14. The number of hydrogen-bond donors (Lipinski definition) is 1. The maximum Gasteiger partial charge on any atom is 0.253 e. The maximum atomic E-state index is 12.3. The molecule has 0 aliphatic carbocycles. The van der Waals surface area contributed by atoms with Gasteiger partial charge in [-0.05, 0) is 69.2 Å². The minimum absolute atomic E-state index is 0.00413. The molecular formula is C19H23N5OS. The summed E-state index contributed by atoms with van der Waals surface area (Å²) in [6, 6.07) is 5.95. The number of fused-ring (bicyclic) bond motifs is 1. The third-order valence-corrected chi connectivity index (χ3v) is 5.14. The van der Waals surface area contributed by atoms with Crippen molar-refractivity contribution in [3.63, 3.8) is 0 Å². The summed E-state index contributed by atoms with van der Waals surface area (Å²) in [5.41, 5.74) is 6.14. The molecule has 3 aromatic rings. The van der Waals surface area contributed by atoms with E-state index in [0.717, 1.165) is 22.6 Å². The van der Waals surface area contributed by atoms with Crippen LogP contribution in [0, 0.1) is 27.7 Å². The zero-order chi connectivity index (χ0) is 18.8. The zero-order valence-corrected chi connectivity index (χ0v) is 16.6. The average molecular weight is 369 g/mol. The Hall–Kier alpha value is -2.41. The molecule has 0 atom stereocenters. The first-order valence-corrected chi connectivity index (χ1v) is 9.75. The van der Waals surface area contributed by atoms with Crippen molar-refractivity contribution in [2.45, 2.75) is 45.7 Å². The van der Waals surface area contributed by atoms with E-state index in [4.69, 9.17) is 0 Å². The van der Waals surface area contributed by atoms with Gasteiger partial charge in [-0.25, -0.2) is 9.50 Å². The predicted molar refractivity (Wildman–Crippen MR) is 105 cm³/mol. The first-order chi connectivity index (χ1) is 12.4. The Bertz CT molecular complexity index is 980. The van der Waals surface area contributed by atoms with Crippen molar-refractivity contribution in [3.8, 4) is 0 Å². The summed E-state index contributed by atoms with van der Waals surface area (Å²) < 4.78 is 1.76. The smallest absolute Gasteiger partial charge is 0.253 e. The van der Waals surface area contributed by atoms with E-state index in [0.29, 0.717) is 23.8 Å². The molecule has 6 nitrogen and oxygen atoms in total. The van der Waals surface area contributed by atoms with Crippen molar-refractivity contribution in [1.82, 2.24) is 19.6 Å². The molecule has 2 heterocycles. The fraction of sp³-hybridized carbons (Fsp3) is 0.368. The van der Waals surface area contributed by atoms with E-state index < -0.39 is 0 Å². The molecule has 0 saturated carbocycles. The van der Waals surface area contributed by atoms with Gasteiger partial charge >= 0.3 is 0 Å². The Balaban J connectivity index is 1.74. The second-order valence-electron chi connectivity index (χ2n) is 6.42. The third-order valence-electron chi connectivity index (χ3n) is 4.60. The highest BCUT2D eigenvalue weighted by atomic mass is 32.2. The number of amides is 1. The van der Waals surface area contributed by atoms with Crippen molar-refractivity contribution in [2.24, 2.45) is 0 Å². The van der Waals surface area contributed by atoms with Crippen LogP contribution < -0.4 is 5.32 Å². The zero-order valence-electron chi connectivity index (χ0n) is 15.8. The summed E-state index contributed by atoms with van der Waals surface area (Å²) >= 11 is 1.49. The van der Waals surface area contributed by atoms with Crippen LogP contribution in [0.4, 0.5) is 5.69 Å². The van der Waals surface area contributed by atoms with Crippen LogP contribution in [-0.4, -0.2) is 31.7 Å². The number of rotatable bonds is 5. The number of aryl methyl sites for hydroxylation is 4. The Labute approximate surface area is 157 Å². The van der Waals surface area contributed by atoms with Crippen LogP contribution in [0.3, 0.4) is 0 Å². The molecule has 136 valence electrons. The first-order valence-electron chi connectivity index (χ1n) is 8.53. The normalized spacial score (nSPS) is 11.1. The molecule has 0 spiro atoms. The number of hydrogen-bond acceptors (Lipinski definition) is 5. The van der Waals surface area contributed by atoms with Crippen molar-refractivity contribution >= 4 is 29.1 Å². The molecule has 0 unspecified atom stereocenters. The SMILES string of the molecule is CSc1nc2nc(C)c(CCC(=O)Nc3ccc(C)c(C)c3)c(C)n2n1. The predicted octanol–water partition coefficient (Wildman–Crippen LogP) is 3.65. The number of aromatic nitrogens is 4. The van der Waals surface area contributed by atoms with Crippen molar-refractivity contribution in [1.29, 1.82) is 0 Å². The number of anilines is 1. The molecular weight excluding hydrogens is 346 g/mol. The van der Waals surface area contributed by atoms with E-state index >= 15 is 0 Å². The highest BCUT2D eigenvalue weighted by Gasteiger charge is 2.14. The molecule has 7 heteroatoms. The Morgan fingerprint density at radius 3 is 2.62 bits per heavy atom. The number of carbonyl (C=O) groups excluding carboxylic acids is 1. The molecule has 1 aromatic carbocycles. The second-order valence-corrected chi connectivity index (χ2v) is 7.19. The number of nitrogens with one attached hydrogen (secondary N) is 1. The van der Waals surface area contributed by atoms with Crippen LogP contribution >= 0.6 is 11.8 Å². The van der Waals surface area contributed by atoms with Crippen LogP contribution in [0.5, 0.6) is 0 Å². The standard InChI is InChI=1S/C19H23N5OS/c1-11-6-7-15(10-12(11)2)21-17(25)9-8-16-13(3)20-18-22-19(26-5)23-24(18)14(16)4/h6-7,10H,8-9H2,1-5H3,(H,21,25). The minimum atomic E-state index is -0.00413. The van der Waals surface area contributed by atoms with Gasteiger partial charge in [0, 0.05) is 23.5 Å². The van der Waals surface area contributed by atoms with E-state index in [1.807, 2.05) is 45.2 Å². The molecule has 3 rings (SSSR count). The van der Waals surface area contributed by atoms with Crippen LogP contribution in [0.25, 0.3) is 5.78 Å². The summed E-state index contributed by atoms with van der Waals surface area (Å²) in [6.07, 6.45) is 2.95. The number of nitrogens with zero attached hydrogens (tertiary/aromatic N) is 4. The second kappa shape index (κ2) is 7.45. The van der Waals surface area contributed by atoms with Crippen LogP contribution in [0.2, 0.25) is 0 Å². The fourth-order valence-electron chi connectivity index (χ4n) is 2.92. The number of carbonyl (C=O) groups is 1. The molecule has 2 aromatic heterocycles. The van der Waals surface area contributed by atoms with Gasteiger partial charge in [-0.3, -0.25) is 4.79 Å². The molecule has 0 saturated heterocycles. The lowest BCUT2D eigenvalue weighted by atomic mass is 10.1. The van der Waals surface area contributed by atoms with E-state index in [9.17, 15) is 4.79 Å². The highest BCUT2D eigenvalue weighted by molar-refractivity contribution is 7.98. The monoisotopic (exact) mass is 369 g/mol. The Kier molecular flexibility index (Phi) is 5.27. The van der Waals surface area contributed by atoms with Gasteiger partial charge in [-0.2, -0.15) is 4.98 Å². The topological polar surface area (TPSA) is 72.2 Å². The quantitative estimate of drug-likeness (QED) is 0.695. The van der Waals surface area contributed by atoms with Crippen LogP contribution in [0.1, 0.15) is 34.5 Å². The van der Waals surface area contributed by atoms with Crippen LogP contribution in [0.15, 0.2) is 23.4 Å². The lowest BCUT2D eigenvalue weighted by molar-refractivity contribution is -0.116. The molecule has 0 radical (unpaired) electrons. The van der Waals surface area contributed by atoms with E-state index in [-0.39, 0.29) is 5.91 Å². The van der Waals surface area contributed by atoms with Gasteiger partial charge in [0.05, 0.1) is 0 Å². The largest absolute Gasteiger partial charge is 0.326 e. The number of benzene rings is 1. The van der Waals surface area contributed by atoms with Gasteiger partial charge in [0.2, 0.25) is 11.1 Å². The molecule has 0 aliphatic rings. The van der Waals surface area contributed by atoms with Crippen molar-refractivity contribution < 1.29 is 4.79 Å². The third kappa shape index (κ3) is 3.72. The molecule has 1 N–H and O–H groups in total. The van der Waals surface area contributed by atoms with E-state index in [2.05, 4.69) is 27.3 Å². The average Bonchev–Trinajstić information content (AvgIpc) is 3.01. The number of thioether (sulfide) groups is 1. The highest BCUT2D eigenvalue weighted by Crippen LogP contribution is 2.19. The first kappa shape index (κ1) is 18.4. The molecule has 0 aliphatic heterocycles.